The largest absolute Gasteiger partial charge is 0.481 e. The Kier molecular flexibility index (Phi) is 6.20. The smallest absolute Gasteiger partial charge is 0.275 e. The van der Waals surface area contributed by atoms with Gasteiger partial charge in [-0.05, 0) is 31.4 Å². The van der Waals surface area contributed by atoms with Gasteiger partial charge in [0.2, 0.25) is 11.8 Å². The number of hydrogen-bond acceptors (Lipinski definition) is 5. The first-order chi connectivity index (χ1) is 15.5. The van der Waals surface area contributed by atoms with Gasteiger partial charge in [0.15, 0.2) is 5.69 Å². The normalized spacial score (nSPS) is 16.0. The minimum atomic E-state index is -0.459. The molecule has 0 aliphatic carbocycles. The number of pyridine rings is 1. The highest BCUT2D eigenvalue weighted by Gasteiger charge is 2.34. The molecule has 166 valence electrons. The molecule has 0 saturated carbocycles. The van der Waals surface area contributed by atoms with Crippen LogP contribution in [-0.4, -0.2) is 70.2 Å². The summed E-state index contributed by atoms with van der Waals surface area (Å²) in [7, 11) is 5.00. The third-order valence-corrected chi connectivity index (χ3v) is 5.66. The minimum absolute atomic E-state index is 0.0554. The van der Waals surface area contributed by atoms with E-state index in [0.29, 0.717) is 30.2 Å². The zero-order chi connectivity index (χ0) is 22.7. The van der Waals surface area contributed by atoms with Gasteiger partial charge in [0.05, 0.1) is 24.7 Å². The predicted octanol–water partition coefficient (Wildman–Crippen LogP) is 3.03. The molecule has 1 unspecified atom stereocenters. The molecule has 1 aliphatic rings. The SMILES string of the molecule is COc1ccc(-n2nc(C(=O)N3CCCCC3C(=O)N(C)C)cc2-c2ccccc2)cn1. The molecule has 1 fully saturated rings. The van der Waals surface area contributed by atoms with E-state index in [-0.39, 0.29) is 11.8 Å². The van der Waals surface area contributed by atoms with Crippen molar-refractivity contribution in [3.05, 3.63) is 60.4 Å². The highest BCUT2D eigenvalue weighted by molar-refractivity contribution is 5.97. The summed E-state index contributed by atoms with van der Waals surface area (Å²) in [5.74, 6) is 0.208. The lowest BCUT2D eigenvalue weighted by Gasteiger charge is -2.35. The minimum Gasteiger partial charge on any atom is -0.481 e. The number of benzene rings is 1. The average molecular weight is 434 g/mol. The summed E-state index contributed by atoms with van der Waals surface area (Å²) in [6.45, 7) is 0.542. The molecule has 1 aromatic carbocycles. The Morgan fingerprint density at radius 1 is 1.09 bits per heavy atom. The number of carbonyl (C=O) groups excluding carboxylic acids is 2. The van der Waals surface area contributed by atoms with Crippen molar-refractivity contribution in [3.8, 4) is 22.8 Å². The molecule has 32 heavy (non-hydrogen) atoms. The summed E-state index contributed by atoms with van der Waals surface area (Å²) < 4.78 is 6.87. The lowest BCUT2D eigenvalue weighted by Crippen LogP contribution is -2.51. The molecular weight excluding hydrogens is 406 g/mol. The highest BCUT2D eigenvalue weighted by atomic mass is 16.5. The first-order valence-electron chi connectivity index (χ1n) is 10.7. The number of amides is 2. The molecule has 2 amide bonds. The number of nitrogens with zero attached hydrogens (tertiary/aromatic N) is 5. The second kappa shape index (κ2) is 9.21. The van der Waals surface area contributed by atoms with Crippen LogP contribution >= 0.6 is 0 Å². The fourth-order valence-corrected chi connectivity index (χ4v) is 3.99. The van der Waals surface area contributed by atoms with Crippen molar-refractivity contribution in [2.24, 2.45) is 0 Å². The third-order valence-electron chi connectivity index (χ3n) is 5.66. The van der Waals surface area contributed by atoms with E-state index >= 15 is 0 Å². The van der Waals surface area contributed by atoms with Crippen LogP contribution in [-0.2, 0) is 4.79 Å². The molecule has 1 atom stereocenters. The Balaban J connectivity index is 1.75. The second-order valence-electron chi connectivity index (χ2n) is 7.99. The molecule has 0 radical (unpaired) electrons. The van der Waals surface area contributed by atoms with Crippen molar-refractivity contribution < 1.29 is 14.3 Å². The van der Waals surface area contributed by atoms with E-state index in [4.69, 9.17) is 4.74 Å². The lowest BCUT2D eigenvalue weighted by molar-refractivity contribution is -0.134. The van der Waals surface area contributed by atoms with Crippen LogP contribution in [0.15, 0.2) is 54.7 Å². The Hall–Kier alpha value is -3.68. The summed E-state index contributed by atoms with van der Waals surface area (Å²) in [6.07, 6.45) is 4.12. The Morgan fingerprint density at radius 3 is 2.53 bits per heavy atom. The van der Waals surface area contributed by atoms with E-state index in [1.54, 1.807) is 54.0 Å². The molecule has 1 aliphatic heterocycles. The Bertz CT molecular complexity index is 1090. The molecule has 4 rings (SSSR count). The van der Waals surface area contributed by atoms with Crippen molar-refractivity contribution in [2.75, 3.05) is 27.7 Å². The Morgan fingerprint density at radius 2 is 1.88 bits per heavy atom. The zero-order valence-electron chi connectivity index (χ0n) is 18.6. The quantitative estimate of drug-likeness (QED) is 0.618. The van der Waals surface area contributed by atoms with Gasteiger partial charge in [-0.15, -0.1) is 0 Å². The zero-order valence-corrected chi connectivity index (χ0v) is 18.6. The van der Waals surface area contributed by atoms with Gasteiger partial charge < -0.3 is 14.5 Å². The maximum absolute atomic E-state index is 13.5. The Labute approximate surface area is 187 Å². The van der Waals surface area contributed by atoms with Crippen molar-refractivity contribution in [1.29, 1.82) is 0 Å². The summed E-state index contributed by atoms with van der Waals surface area (Å²) in [4.78, 5) is 33.7. The van der Waals surface area contributed by atoms with Gasteiger partial charge in [0.25, 0.3) is 5.91 Å². The number of rotatable bonds is 5. The number of ether oxygens (including phenoxy) is 1. The highest BCUT2D eigenvalue weighted by Crippen LogP contribution is 2.27. The van der Waals surface area contributed by atoms with Gasteiger partial charge >= 0.3 is 0 Å². The van der Waals surface area contributed by atoms with E-state index in [9.17, 15) is 9.59 Å². The van der Waals surface area contributed by atoms with Gasteiger partial charge in [-0.1, -0.05) is 30.3 Å². The predicted molar refractivity (Wildman–Crippen MR) is 121 cm³/mol. The summed E-state index contributed by atoms with van der Waals surface area (Å²) in [6, 6.07) is 14.7. The van der Waals surface area contributed by atoms with Crippen molar-refractivity contribution in [2.45, 2.75) is 25.3 Å². The van der Waals surface area contributed by atoms with Crippen LogP contribution in [0.5, 0.6) is 5.88 Å². The molecule has 3 aromatic rings. The average Bonchev–Trinajstić information content (AvgIpc) is 3.29. The maximum atomic E-state index is 13.5. The van der Waals surface area contributed by atoms with Crippen LogP contribution < -0.4 is 4.74 Å². The molecule has 0 N–H and O–H groups in total. The standard InChI is InChI=1S/C24H27N5O3/c1-27(2)24(31)20-11-7-8-14-28(20)23(30)19-15-21(17-9-5-4-6-10-17)29(26-19)18-12-13-22(32-3)25-16-18/h4-6,9-10,12-13,15-16,20H,7-8,11,14H2,1-3H3. The van der Waals surface area contributed by atoms with E-state index in [1.807, 2.05) is 36.4 Å². The van der Waals surface area contributed by atoms with E-state index < -0.39 is 6.04 Å². The van der Waals surface area contributed by atoms with Crippen molar-refractivity contribution >= 4 is 11.8 Å². The van der Waals surface area contributed by atoms with Crippen LogP contribution in [0.4, 0.5) is 0 Å². The van der Waals surface area contributed by atoms with E-state index in [0.717, 1.165) is 24.1 Å². The number of carbonyl (C=O) groups is 2. The number of aromatic nitrogens is 3. The van der Waals surface area contributed by atoms with Gasteiger partial charge in [0.1, 0.15) is 6.04 Å². The fourth-order valence-electron chi connectivity index (χ4n) is 3.99. The molecule has 3 heterocycles. The molecule has 8 heteroatoms. The maximum Gasteiger partial charge on any atom is 0.275 e. The number of hydrogen-bond donors (Lipinski definition) is 0. The van der Waals surface area contributed by atoms with Gasteiger partial charge in [-0.2, -0.15) is 5.10 Å². The van der Waals surface area contributed by atoms with Gasteiger partial charge in [0, 0.05) is 32.3 Å². The summed E-state index contributed by atoms with van der Waals surface area (Å²) in [5.41, 5.74) is 2.71. The second-order valence-corrected chi connectivity index (χ2v) is 7.99. The van der Waals surface area contributed by atoms with Crippen LogP contribution in [0.1, 0.15) is 29.8 Å². The monoisotopic (exact) mass is 433 g/mol. The molecule has 0 bridgehead atoms. The molecule has 1 saturated heterocycles. The summed E-state index contributed by atoms with van der Waals surface area (Å²) in [5, 5.41) is 4.65. The van der Waals surface area contributed by atoms with Crippen LogP contribution in [0, 0.1) is 0 Å². The first-order valence-corrected chi connectivity index (χ1v) is 10.7. The number of piperidine rings is 1. The number of likely N-dealkylation sites (N-methyl/N-ethyl adjacent to an activating group) is 1. The number of methoxy groups -OCH3 is 1. The first kappa shape index (κ1) is 21.5. The molecule has 8 nitrogen and oxygen atoms in total. The molecular formula is C24H27N5O3. The van der Waals surface area contributed by atoms with E-state index in [1.165, 1.54) is 0 Å². The molecule has 2 aromatic heterocycles. The van der Waals surface area contributed by atoms with Gasteiger partial charge in [-0.3, -0.25) is 9.59 Å². The summed E-state index contributed by atoms with van der Waals surface area (Å²) >= 11 is 0. The van der Waals surface area contributed by atoms with Crippen LogP contribution in [0.3, 0.4) is 0 Å². The van der Waals surface area contributed by atoms with Crippen LogP contribution in [0.25, 0.3) is 16.9 Å². The van der Waals surface area contributed by atoms with Crippen molar-refractivity contribution in [3.63, 3.8) is 0 Å². The topological polar surface area (TPSA) is 80.6 Å². The number of likely N-dealkylation sites (tertiary alicyclic amines) is 1. The van der Waals surface area contributed by atoms with Crippen LogP contribution in [0.2, 0.25) is 0 Å². The van der Waals surface area contributed by atoms with Gasteiger partial charge in [-0.25, -0.2) is 9.67 Å². The third kappa shape index (κ3) is 4.21. The molecule has 0 spiro atoms. The fraction of sp³-hybridized carbons (Fsp3) is 0.333. The lowest BCUT2D eigenvalue weighted by atomic mass is 10.0. The van der Waals surface area contributed by atoms with Crippen molar-refractivity contribution in [1.82, 2.24) is 24.6 Å². The van der Waals surface area contributed by atoms with E-state index in [2.05, 4.69) is 10.1 Å².